The molecule has 2 heterocycles. The lowest BCUT2D eigenvalue weighted by atomic mass is 10.00. The van der Waals surface area contributed by atoms with Crippen LogP contribution in [0.25, 0.3) is 0 Å². The molecule has 0 saturated heterocycles. The van der Waals surface area contributed by atoms with Crippen LogP contribution in [0.1, 0.15) is 38.0 Å². The summed E-state index contributed by atoms with van der Waals surface area (Å²) in [6, 6.07) is 14.7. The number of carbonyl (C=O) groups is 2. The van der Waals surface area contributed by atoms with E-state index in [1.54, 1.807) is 41.7 Å². The van der Waals surface area contributed by atoms with E-state index in [2.05, 4.69) is 31.0 Å². The molecule has 1 aliphatic rings. The van der Waals surface area contributed by atoms with Gasteiger partial charge in [-0.05, 0) is 67.1 Å². The van der Waals surface area contributed by atoms with E-state index in [1.807, 2.05) is 24.0 Å². The smallest absolute Gasteiger partial charge is 0.254 e. The second-order valence-electron chi connectivity index (χ2n) is 8.72. The summed E-state index contributed by atoms with van der Waals surface area (Å²) in [4.78, 5) is 31.3. The predicted molar refractivity (Wildman–Crippen MR) is 141 cm³/mol. The van der Waals surface area contributed by atoms with Crippen molar-refractivity contribution in [2.24, 2.45) is 0 Å². The van der Waals surface area contributed by atoms with Crippen molar-refractivity contribution in [3.05, 3.63) is 98.7 Å². The number of benzene rings is 2. The summed E-state index contributed by atoms with van der Waals surface area (Å²) in [6.07, 6.45) is 2.42. The zero-order valence-electron chi connectivity index (χ0n) is 20.0. The first-order valence-corrected chi connectivity index (χ1v) is 12.8. The van der Waals surface area contributed by atoms with E-state index in [-0.39, 0.29) is 30.9 Å². The van der Waals surface area contributed by atoms with Gasteiger partial charge in [-0.1, -0.05) is 41.4 Å². The van der Waals surface area contributed by atoms with Gasteiger partial charge in [-0.3, -0.25) is 9.59 Å². The zero-order chi connectivity index (χ0) is 24.9. The number of aryl methyl sites for hydroxylation is 2. The van der Waals surface area contributed by atoms with Crippen molar-refractivity contribution in [2.75, 3.05) is 26.2 Å². The van der Waals surface area contributed by atoms with E-state index in [4.69, 9.17) is 16.3 Å². The largest absolute Gasteiger partial charge is 0.491 e. The Bertz CT molecular complexity index is 1240. The fourth-order valence-electron chi connectivity index (χ4n) is 4.44. The lowest BCUT2D eigenvalue weighted by Crippen LogP contribution is -2.47. The average Bonchev–Trinajstić information content (AvgIpc) is 3.32. The Hall–Kier alpha value is -3.09. The monoisotopic (exact) mass is 508 g/mol. The van der Waals surface area contributed by atoms with Crippen molar-refractivity contribution in [3.8, 4) is 5.75 Å². The molecule has 5 nitrogen and oxygen atoms in total. The van der Waals surface area contributed by atoms with Crippen molar-refractivity contribution in [1.29, 1.82) is 0 Å². The van der Waals surface area contributed by atoms with E-state index in [0.717, 1.165) is 23.3 Å². The van der Waals surface area contributed by atoms with Crippen molar-refractivity contribution in [2.45, 2.75) is 26.3 Å². The quantitative estimate of drug-likeness (QED) is 0.358. The summed E-state index contributed by atoms with van der Waals surface area (Å²) >= 11 is 7.79. The van der Waals surface area contributed by atoms with Gasteiger partial charge in [0.05, 0.1) is 6.04 Å². The van der Waals surface area contributed by atoms with Crippen molar-refractivity contribution < 1.29 is 14.3 Å². The van der Waals surface area contributed by atoms with Gasteiger partial charge in [0.2, 0.25) is 5.91 Å². The van der Waals surface area contributed by atoms with Gasteiger partial charge in [-0.25, -0.2) is 0 Å². The molecule has 3 aromatic rings. The molecule has 182 valence electrons. The van der Waals surface area contributed by atoms with E-state index >= 15 is 0 Å². The molecule has 35 heavy (non-hydrogen) atoms. The molecule has 2 amide bonds. The lowest BCUT2D eigenvalue weighted by Gasteiger charge is -2.37. The first kappa shape index (κ1) is 25.0. The molecule has 0 spiro atoms. The van der Waals surface area contributed by atoms with Crippen molar-refractivity contribution in [3.63, 3.8) is 0 Å². The lowest BCUT2D eigenvalue weighted by molar-refractivity contribution is -0.135. The number of halogens is 1. The first-order valence-electron chi connectivity index (χ1n) is 11.6. The van der Waals surface area contributed by atoms with Crippen LogP contribution >= 0.6 is 22.9 Å². The summed E-state index contributed by atoms with van der Waals surface area (Å²) in [5.74, 6) is 0.445. The van der Waals surface area contributed by atoms with Crippen LogP contribution in [0.3, 0.4) is 0 Å². The number of thiophene rings is 1. The van der Waals surface area contributed by atoms with Crippen LogP contribution in [0.2, 0.25) is 5.02 Å². The average molecular weight is 509 g/mol. The summed E-state index contributed by atoms with van der Waals surface area (Å²) < 4.78 is 6.22. The highest BCUT2D eigenvalue weighted by Gasteiger charge is 2.33. The van der Waals surface area contributed by atoms with Gasteiger partial charge in [-0.15, -0.1) is 17.9 Å². The number of hydrogen-bond donors (Lipinski definition) is 0. The third kappa shape index (κ3) is 5.77. The fraction of sp³-hybridized carbons (Fsp3) is 0.286. The van der Waals surface area contributed by atoms with Gasteiger partial charge in [0.25, 0.3) is 5.91 Å². The van der Waals surface area contributed by atoms with Crippen LogP contribution in [-0.2, 0) is 11.2 Å². The molecule has 0 bridgehead atoms. The van der Waals surface area contributed by atoms with Crippen molar-refractivity contribution in [1.82, 2.24) is 9.80 Å². The topological polar surface area (TPSA) is 49.9 Å². The Morgan fingerprint density at radius 2 is 2.06 bits per heavy atom. The van der Waals surface area contributed by atoms with Gasteiger partial charge < -0.3 is 14.5 Å². The Morgan fingerprint density at radius 1 is 1.23 bits per heavy atom. The minimum atomic E-state index is -0.253. The van der Waals surface area contributed by atoms with Gasteiger partial charge in [-0.2, -0.15) is 0 Å². The maximum absolute atomic E-state index is 13.6. The number of nitrogens with zero attached hydrogens (tertiary/aromatic N) is 2. The Morgan fingerprint density at radius 3 is 2.80 bits per heavy atom. The SMILES string of the molecule is C=CCN(CC(=O)N1CCc2sccc2[C@@H]1COc1ccc(C)cc1C)C(=O)c1cccc(Cl)c1. The minimum Gasteiger partial charge on any atom is -0.491 e. The number of carbonyl (C=O) groups excluding carboxylic acids is 2. The van der Waals surface area contributed by atoms with Gasteiger partial charge in [0, 0.05) is 28.6 Å². The normalized spacial score (nSPS) is 14.8. The number of ether oxygens (including phenoxy) is 1. The second-order valence-corrected chi connectivity index (χ2v) is 10.2. The van der Waals surface area contributed by atoms with Crippen LogP contribution in [-0.4, -0.2) is 47.9 Å². The van der Waals surface area contributed by atoms with Gasteiger partial charge in [0.1, 0.15) is 18.9 Å². The molecule has 1 atom stereocenters. The second kappa shape index (κ2) is 11.1. The number of hydrogen-bond acceptors (Lipinski definition) is 4. The summed E-state index contributed by atoms with van der Waals surface area (Å²) in [5, 5.41) is 2.54. The number of fused-ring (bicyclic) bond motifs is 1. The highest BCUT2D eigenvalue weighted by Crippen LogP contribution is 2.34. The van der Waals surface area contributed by atoms with E-state index in [1.165, 1.54) is 15.3 Å². The molecule has 0 fully saturated rings. The highest BCUT2D eigenvalue weighted by atomic mass is 35.5. The molecular formula is C28H29ClN2O3S. The Labute approximate surface area is 215 Å². The fourth-order valence-corrected chi connectivity index (χ4v) is 5.56. The van der Waals surface area contributed by atoms with Gasteiger partial charge >= 0.3 is 0 Å². The molecule has 1 aliphatic heterocycles. The Kier molecular flexibility index (Phi) is 7.93. The number of amides is 2. The zero-order valence-corrected chi connectivity index (χ0v) is 21.6. The van der Waals surface area contributed by atoms with Crippen LogP contribution in [0.5, 0.6) is 5.75 Å². The Balaban J connectivity index is 1.54. The summed E-state index contributed by atoms with van der Waals surface area (Å²) in [5.41, 5.74) is 3.81. The van der Waals surface area contributed by atoms with E-state index in [9.17, 15) is 9.59 Å². The molecule has 0 N–H and O–H groups in total. The molecule has 0 radical (unpaired) electrons. The highest BCUT2D eigenvalue weighted by molar-refractivity contribution is 7.10. The van der Waals surface area contributed by atoms with Crippen LogP contribution in [0.15, 0.2) is 66.6 Å². The minimum absolute atomic E-state index is 0.0447. The molecule has 0 saturated carbocycles. The summed E-state index contributed by atoms with van der Waals surface area (Å²) in [6.45, 7) is 8.99. The molecule has 4 rings (SSSR count). The third-order valence-electron chi connectivity index (χ3n) is 6.18. The molecule has 0 unspecified atom stereocenters. The molecule has 7 heteroatoms. The maximum atomic E-state index is 13.6. The van der Waals surface area contributed by atoms with Gasteiger partial charge in [0.15, 0.2) is 0 Å². The first-order chi connectivity index (χ1) is 16.9. The standard InChI is InChI=1S/C28H29ClN2O3S/c1-4-12-30(28(33)21-6-5-7-22(29)16-21)17-27(32)31-13-10-26-23(11-14-35-26)24(31)18-34-25-9-8-19(2)15-20(25)3/h4-9,11,14-16,24H,1,10,12-13,17-18H2,2-3H3/t24-/m0/s1. The van der Waals surface area contributed by atoms with E-state index in [0.29, 0.717) is 23.7 Å². The predicted octanol–water partition coefficient (Wildman–Crippen LogP) is 5.85. The van der Waals surface area contributed by atoms with E-state index < -0.39 is 0 Å². The third-order valence-corrected chi connectivity index (χ3v) is 7.41. The van der Waals surface area contributed by atoms with Crippen LogP contribution in [0, 0.1) is 13.8 Å². The van der Waals surface area contributed by atoms with Crippen molar-refractivity contribution >= 4 is 34.8 Å². The van der Waals surface area contributed by atoms with Crippen LogP contribution in [0.4, 0.5) is 0 Å². The maximum Gasteiger partial charge on any atom is 0.254 e. The summed E-state index contributed by atoms with van der Waals surface area (Å²) in [7, 11) is 0. The van der Waals surface area contributed by atoms with Crippen LogP contribution < -0.4 is 4.74 Å². The molecule has 0 aliphatic carbocycles. The molecule has 2 aromatic carbocycles. The molecule has 1 aromatic heterocycles. The number of rotatable bonds is 8. The molecular weight excluding hydrogens is 480 g/mol.